The lowest BCUT2D eigenvalue weighted by molar-refractivity contribution is -0.384. The zero-order valence-corrected chi connectivity index (χ0v) is 12.6. The van der Waals surface area contributed by atoms with Crippen LogP contribution in [0.3, 0.4) is 0 Å². The molecule has 1 unspecified atom stereocenters. The third-order valence-electron chi connectivity index (χ3n) is 2.96. The molecule has 5 nitrogen and oxygen atoms in total. The summed E-state index contributed by atoms with van der Waals surface area (Å²) in [5.41, 5.74) is 0.606. The maximum absolute atomic E-state index is 11.0. The summed E-state index contributed by atoms with van der Waals surface area (Å²) in [4.78, 5) is 10.6. The first kappa shape index (κ1) is 14.6. The molecular weight excluding hydrogens is 324 g/mol. The zero-order chi connectivity index (χ0) is 14.5. The van der Waals surface area contributed by atoms with Crippen molar-refractivity contribution in [1.82, 2.24) is 0 Å². The van der Waals surface area contributed by atoms with Crippen LogP contribution in [0.1, 0.15) is 19.1 Å². The molecule has 106 valence electrons. The highest BCUT2D eigenvalue weighted by molar-refractivity contribution is 9.10. The van der Waals surface area contributed by atoms with Gasteiger partial charge in [-0.05, 0) is 37.6 Å². The fourth-order valence-electron chi connectivity index (χ4n) is 1.93. The molecule has 0 saturated heterocycles. The van der Waals surface area contributed by atoms with Crippen LogP contribution in [0.2, 0.25) is 0 Å². The van der Waals surface area contributed by atoms with Crippen LogP contribution < -0.4 is 5.32 Å². The second-order valence-electron chi connectivity index (χ2n) is 4.58. The van der Waals surface area contributed by atoms with Gasteiger partial charge >= 0.3 is 0 Å². The Labute approximate surface area is 125 Å². The van der Waals surface area contributed by atoms with Gasteiger partial charge in [-0.2, -0.15) is 0 Å². The monoisotopic (exact) mass is 338 g/mol. The van der Waals surface area contributed by atoms with Crippen LogP contribution in [0.4, 0.5) is 11.4 Å². The van der Waals surface area contributed by atoms with Crippen LogP contribution in [0, 0.1) is 10.1 Å². The third-order valence-corrected chi connectivity index (χ3v) is 3.46. The number of hydrogen-bond acceptors (Lipinski definition) is 4. The molecule has 2 aromatic rings. The topological polar surface area (TPSA) is 68.3 Å². The van der Waals surface area contributed by atoms with E-state index in [0.717, 1.165) is 18.6 Å². The van der Waals surface area contributed by atoms with Gasteiger partial charge in [-0.15, -0.1) is 0 Å². The Hall–Kier alpha value is -1.82. The van der Waals surface area contributed by atoms with E-state index in [1.807, 2.05) is 19.1 Å². The number of aryl methyl sites for hydroxylation is 1. The standard InChI is InChI=1S/C14H15BrN2O3/c1-10(4-6-12-3-2-8-20-12)16-13-7-5-11(15)9-14(13)17(18)19/h2-3,5,7-10,16H,4,6H2,1H3. The fraction of sp³-hybridized carbons (Fsp3) is 0.286. The molecule has 0 spiro atoms. The van der Waals surface area contributed by atoms with Crippen molar-refractivity contribution < 1.29 is 9.34 Å². The summed E-state index contributed by atoms with van der Waals surface area (Å²) in [6, 6.07) is 8.89. The van der Waals surface area contributed by atoms with Crippen LogP contribution in [-0.2, 0) is 6.42 Å². The normalized spacial score (nSPS) is 12.1. The number of nitrogens with one attached hydrogen (secondary N) is 1. The van der Waals surface area contributed by atoms with Crippen molar-refractivity contribution in [3.05, 3.63) is 56.9 Å². The predicted molar refractivity (Wildman–Crippen MR) is 80.9 cm³/mol. The Morgan fingerprint density at radius 1 is 1.45 bits per heavy atom. The van der Waals surface area contributed by atoms with Crippen molar-refractivity contribution in [2.75, 3.05) is 5.32 Å². The lowest BCUT2D eigenvalue weighted by Crippen LogP contribution is -2.16. The van der Waals surface area contributed by atoms with Gasteiger partial charge in [0, 0.05) is 23.0 Å². The summed E-state index contributed by atoms with van der Waals surface area (Å²) in [5, 5.41) is 14.2. The maximum Gasteiger partial charge on any atom is 0.293 e. The maximum atomic E-state index is 11.0. The number of furan rings is 1. The minimum atomic E-state index is -0.383. The number of hydrogen-bond donors (Lipinski definition) is 1. The molecule has 6 heteroatoms. The highest BCUT2D eigenvalue weighted by atomic mass is 79.9. The van der Waals surface area contributed by atoms with Gasteiger partial charge in [-0.1, -0.05) is 15.9 Å². The summed E-state index contributed by atoms with van der Waals surface area (Å²) in [6.07, 6.45) is 3.28. The molecule has 20 heavy (non-hydrogen) atoms. The number of nitrogens with zero attached hydrogens (tertiary/aromatic N) is 1. The largest absolute Gasteiger partial charge is 0.469 e. The number of rotatable bonds is 6. The molecule has 1 N–H and O–H groups in total. The summed E-state index contributed by atoms with van der Waals surface area (Å²) in [7, 11) is 0. The highest BCUT2D eigenvalue weighted by Gasteiger charge is 2.15. The molecule has 0 fully saturated rings. The Balaban J connectivity index is 2.00. The summed E-state index contributed by atoms with van der Waals surface area (Å²) >= 11 is 3.24. The van der Waals surface area contributed by atoms with Crippen molar-refractivity contribution in [2.24, 2.45) is 0 Å². The van der Waals surface area contributed by atoms with Crippen LogP contribution in [0.15, 0.2) is 45.5 Å². The lowest BCUT2D eigenvalue weighted by atomic mass is 10.1. The number of halogens is 1. The van der Waals surface area contributed by atoms with E-state index < -0.39 is 0 Å². The minimum Gasteiger partial charge on any atom is -0.469 e. The lowest BCUT2D eigenvalue weighted by Gasteiger charge is -2.14. The summed E-state index contributed by atoms with van der Waals surface area (Å²) in [5.74, 6) is 0.920. The van der Waals surface area contributed by atoms with E-state index >= 15 is 0 Å². The van der Waals surface area contributed by atoms with Crippen LogP contribution in [0.5, 0.6) is 0 Å². The first-order valence-corrected chi connectivity index (χ1v) is 7.08. The van der Waals surface area contributed by atoms with Crippen molar-refractivity contribution in [2.45, 2.75) is 25.8 Å². The fourth-order valence-corrected chi connectivity index (χ4v) is 2.28. The third kappa shape index (κ3) is 3.84. The average molecular weight is 339 g/mol. The number of nitro benzene ring substituents is 1. The second kappa shape index (κ2) is 6.56. The quantitative estimate of drug-likeness (QED) is 0.626. The van der Waals surface area contributed by atoms with Crippen molar-refractivity contribution in [3.63, 3.8) is 0 Å². The van der Waals surface area contributed by atoms with Crippen LogP contribution in [-0.4, -0.2) is 11.0 Å². The van der Waals surface area contributed by atoms with Crippen molar-refractivity contribution in [1.29, 1.82) is 0 Å². The van der Waals surface area contributed by atoms with E-state index in [4.69, 9.17) is 4.42 Å². The van der Waals surface area contributed by atoms with E-state index in [-0.39, 0.29) is 16.7 Å². The molecule has 2 rings (SSSR count). The van der Waals surface area contributed by atoms with E-state index in [9.17, 15) is 10.1 Å². The Morgan fingerprint density at radius 3 is 2.90 bits per heavy atom. The molecule has 0 radical (unpaired) electrons. The van der Waals surface area contributed by atoms with Gasteiger partial charge < -0.3 is 9.73 Å². The van der Waals surface area contributed by atoms with Gasteiger partial charge in [-0.3, -0.25) is 10.1 Å². The first-order valence-electron chi connectivity index (χ1n) is 6.29. The molecule has 1 aromatic heterocycles. The van der Waals surface area contributed by atoms with Crippen LogP contribution in [0.25, 0.3) is 0 Å². The molecule has 0 amide bonds. The zero-order valence-electron chi connectivity index (χ0n) is 11.0. The van der Waals surface area contributed by atoms with Gasteiger partial charge in [0.05, 0.1) is 11.2 Å². The van der Waals surface area contributed by atoms with Crippen LogP contribution >= 0.6 is 15.9 Å². The Kier molecular flexibility index (Phi) is 4.79. The number of benzene rings is 1. The van der Waals surface area contributed by atoms with Gasteiger partial charge in [0.25, 0.3) is 5.69 Å². The molecule has 1 aromatic carbocycles. The van der Waals surface area contributed by atoms with Gasteiger partial charge in [0.15, 0.2) is 0 Å². The molecule has 1 heterocycles. The van der Waals surface area contributed by atoms with Gasteiger partial charge in [-0.25, -0.2) is 0 Å². The summed E-state index contributed by atoms with van der Waals surface area (Å²) in [6.45, 7) is 1.99. The first-order chi connectivity index (χ1) is 9.56. The number of nitro groups is 1. The Morgan fingerprint density at radius 2 is 2.25 bits per heavy atom. The predicted octanol–water partition coefficient (Wildman–Crippen LogP) is 4.38. The van der Waals surface area contributed by atoms with Crippen molar-refractivity contribution >= 4 is 27.3 Å². The van der Waals surface area contributed by atoms with E-state index in [2.05, 4.69) is 21.2 Å². The molecule has 0 aliphatic heterocycles. The van der Waals surface area contributed by atoms with Crippen molar-refractivity contribution in [3.8, 4) is 0 Å². The average Bonchev–Trinajstić information content (AvgIpc) is 2.91. The van der Waals surface area contributed by atoms with Gasteiger partial charge in [0.2, 0.25) is 0 Å². The highest BCUT2D eigenvalue weighted by Crippen LogP contribution is 2.28. The smallest absolute Gasteiger partial charge is 0.293 e. The molecule has 0 bridgehead atoms. The molecule has 1 atom stereocenters. The van der Waals surface area contributed by atoms with E-state index in [0.29, 0.717) is 10.2 Å². The number of anilines is 1. The Bertz CT molecular complexity index is 584. The van der Waals surface area contributed by atoms with E-state index in [1.165, 1.54) is 6.07 Å². The minimum absolute atomic E-state index is 0.0734. The second-order valence-corrected chi connectivity index (χ2v) is 5.50. The molecule has 0 aliphatic carbocycles. The molecular formula is C14H15BrN2O3. The SMILES string of the molecule is CC(CCc1ccco1)Nc1ccc(Br)cc1[N+](=O)[O-]. The summed E-state index contributed by atoms with van der Waals surface area (Å²) < 4.78 is 5.96. The van der Waals surface area contributed by atoms with Gasteiger partial charge in [0.1, 0.15) is 11.4 Å². The molecule has 0 saturated carbocycles. The van der Waals surface area contributed by atoms with E-state index in [1.54, 1.807) is 18.4 Å². The molecule has 0 aliphatic rings.